The van der Waals surface area contributed by atoms with Crippen molar-refractivity contribution in [1.29, 1.82) is 0 Å². The van der Waals surface area contributed by atoms with Crippen LogP contribution in [0.5, 0.6) is 0 Å². The van der Waals surface area contributed by atoms with Gasteiger partial charge in [0.2, 0.25) is 0 Å². The van der Waals surface area contributed by atoms with Crippen LogP contribution < -0.4 is 0 Å². The third-order valence-electron chi connectivity index (χ3n) is 8.60. The predicted molar refractivity (Wildman–Crippen MR) is 168 cm³/mol. The minimum Gasteiger partial charge on any atom is -0.469 e. The van der Waals surface area contributed by atoms with Gasteiger partial charge in [0.25, 0.3) is 0 Å². The Kier molecular flexibility index (Phi) is 15.3. The number of benzene rings is 1. The van der Waals surface area contributed by atoms with Crippen molar-refractivity contribution in [3.8, 4) is 0 Å². The van der Waals surface area contributed by atoms with Crippen molar-refractivity contribution < 1.29 is 38.3 Å². The standard InChI is InChI=1S/C34H52O8S/c1-37-24-26-10-7-9-25(21-26)22-27(41-33-12-3-5-17-39-33)14-15-29-28(16-20-43-19-8-11-32(36)38-2)30(35)23-31(29)42-34-13-4-6-18-40-34/h7,9-10,14-15,21,27-31,33-35H,3-6,8,11-13,16-20,22-24H2,1-2H3/t27-,28-,29-,30+,31-,33?,34?/m1/s1. The Balaban J connectivity index is 1.45. The van der Waals surface area contributed by atoms with Gasteiger partial charge in [0.05, 0.1) is 32.0 Å². The first kappa shape index (κ1) is 34.4. The fourth-order valence-electron chi connectivity index (χ4n) is 6.33. The molecule has 0 radical (unpaired) electrons. The third kappa shape index (κ3) is 11.8. The molecule has 1 aromatic rings. The van der Waals surface area contributed by atoms with Gasteiger partial charge in [-0.2, -0.15) is 11.8 Å². The van der Waals surface area contributed by atoms with Crippen LogP contribution >= 0.6 is 11.8 Å². The predicted octanol–water partition coefficient (Wildman–Crippen LogP) is 5.83. The summed E-state index contributed by atoms with van der Waals surface area (Å²) in [5.74, 6) is 1.78. The smallest absolute Gasteiger partial charge is 0.305 e. The second-order valence-electron chi connectivity index (χ2n) is 11.9. The average molecular weight is 621 g/mol. The monoisotopic (exact) mass is 620 g/mol. The Labute approximate surface area is 262 Å². The summed E-state index contributed by atoms with van der Waals surface area (Å²) in [7, 11) is 3.14. The average Bonchev–Trinajstić information content (AvgIpc) is 3.31. The van der Waals surface area contributed by atoms with E-state index in [-0.39, 0.29) is 42.6 Å². The van der Waals surface area contributed by atoms with Gasteiger partial charge in [0.15, 0.2) is 12.6 Å². The van der Waals surface area contributed by atoms with Crippen molar-refractivity contribution in [3.63, 3.8) is 0 Å². The van der Waals surface area contributed by atoms with Crippen LogP contribution in [0.15, 0.2) is 36.4 Å². The second-order valence-corrected chi connectivity index (χ2v) is 13.1. The Morgan fingerprint density at radius 3 is 2.56 bits per heavy atom. The Morgan fingerprint density at radius 2 is 1.84 bits per heavy atom. The first-order valence-electron chi connectivity index (χ1n) is 16.2. The lowest BCUT2D eigenvalue weighted by molar-refractivity contribution is -0.193. The Hall–Kier alpha value is -1.46. The maximum Gasteiger partial charge on any atom is 0.305 e. The van der Waals surface area contributed by atoms with Gasteiger partial charge in [-0.15, -0.1) is 0 Å². The number of ether oxygens (including phenoxy) is 6. The van der Waals surface area contributed by atoms with Gasteiger partial charge in [0.1, 0.15) is 0 Å². The van der Waals surface area contributed by atoms with Crippen LogP contribution in [-0.4, -0.2) is 80.9 Å². The van der Waals surface area contributed by atoms with Gasteiger partial charge in [-0.05, 0) is 79.9 Å². The molecule has 4 rings (SSSR count). The van der Waals surface area contributed by atoms with Crippen LogP contribution in [0.25, 0.3) is 0 Å². The normalized spacial score (nSPS) is 28.7. The molecule has 2 saturated heterocycles. The number of methoxy groups -OCH3 is 2. The van der Waals surface area contributed by atoms with Crippen LogP contribution in [0.3, 0.4) is 0 Å². The molecule has 8 nitrogen and oxygen atoms in total. The largest absolute Gasteiger partial charge is 0.469 e. The highest BCUT2D eigenvalue weighted by atomic mass is 32.2. The number of carbonyl (C=O) groups is 1. The molecule has 0 aromatic heterocycles. The zero-order valence-electron chi connectivity index (χ0n) is 26.0. The number of esters is 1. The van der Waals surface area contributed by atoms with E-state index in [1.165, 1.54) is 12.7 Å². The van der Waals surface area contributed by atoms with Gasteiger partial charge in [-0.3, -0.25) is 4.79 Å². The summed E-state index contributed by atoms with van der Waals surface area (Å²) in [6.45, 7) is 2.03. The van der Waals surface area contributed by atoms with Crippen molar-refractivity contribution in [2.24, 2.45) is 11.8 Å². The summed E-state index contributed by atoms with van der Waals surface area (Å²) >= 11 is 1.83. The van der Waals surface area contributed by atoms with Crippen LogP contribution in [0.1, 0.15) is 75.3 Å². The van der Waals surface area contributed by atoms with E-state index in [4.69, 9.17) is 28.4 Å². The van der Waals surface area contributed by atoms with Gasteiger partial charge in [0, 0.05) is 45.5 Å². The fourth-order valence-corrected chi connectivity index (χ4v) is 7.32. The molecule has 2 unspecified atom stereocenters. The molecule has 7 atom stereocenters. The number of hydrogen-bond acceptors (Lipinski definition) is 9. The molecular formula is C34H52O8S. The summed E-state index contributed by atoms with van der Waals surface area (Å²) in [4.78, 5) is 11.4. The van der Waals surface area contributed by atoms with Gasteiger partial charge in [-0.1, -0.05) is 36.4 Å². The molecule has 0 spiro atoms. The van der Waals surface area contributed by atoms with Crippen LogP contribution in [-0.2, 0) is 46.2 Å². The number of thioether (sulfide) groups is 1. The van der Waals surface area contributed by atoms with E-state index in [0.717, 1.165) is 88.1 Å². The SMILES string of the molecule is COCc1cccc(C[C@@H](C=C[C@@H]2[C@@H](CCSCCCC(=O)OC)[C@@H](O)C[C@H]2OC2CCCCO2)OC2CCCCO2)c1. The number of carbonyl (C=O) groups excluding carboxylic acids is 1. The van der Waals surface area contributed by atoms with Crippen molar-refractivity contribution in [3.05, 3.63) is 47.5 Å². The quantitative estimate of drug-likeness (QED) is 0.131. The summed E-state index contributed by atoms with van der Waals surface area (Å²) in [6, 6.07) is 8.47. The molecule has 0 amide bonds. The minimum absolute atomic E-state index is 0.0504. The number of rotatable bonds is 17. The lowest BCUT2D eigenvalue weighted by atomic mass is 9.90. The molecule has 3 fully saturated rings. The molecule has 9 heteroatoms. The summed E-state index contributed by atoms with van der Waals surface area (Å²) in [5.41, 5.74) is 2.33. The van der Waals surface area contributed by atoms with Crippen LogP contribution in [0.2, 0.25) is 0 Å². The lowest BCUT2D eigenvalue weighted by Gasteiger charge is -2.30. The van der Waals surface area contributed by atoms with Crippen LogP contribution in [0, 0.1) is 11.8 Å². The van der Waals surface area contributed by atoms with E-state index in [9.17, 15) is 9.90 Å². The number of aliphatic hydroxyl groups is 1. The highest BCUT2D eigenvalue weighted by molar-refractivity contribution is 7.99. The highest BCUT2D eigenvalue weighted by Gasteiger charge is 2.43. The third-order valence-corrected chi connectivity index (χ3v) is 9.70. The summed E-state index contributed by atoms with van der Waals surface area (Å²) in [5, 5.41) is 11.2. The Bertz CT molecular complexity index is 961. The van der Waals surface area contributed by atoms with E-state index in [1.807, 2.05) is 11.8 Å². The van der Waals surface area contributed by atoms with Crippen LogP contribution in [0.4, 0.5) is 0 Å². The molecule has 1 aliphatic carbocycles. The van der Waals surface area contributed by atoms with Crippen molar-refractivity contribution >= 4 is 17.7 Å². The van der Waals surface area contributed by atoms with E-state index < -0.39 is 6.10 Å². The molecule has 242 valence electrons. The molecule has 43 heavy (non-hydrogen) atoms. The summed E-state index contributed by atoms with van der Waals surface area (Å²) in [6.07, 6.45) is 12.9. The van der Waals surface area contributed by atoms with E-state index >= 15 is 0 Å². The highest BCUT2D eigenvalue weighted by Crippen LogP contribution is 2.40. The van der Waals surface area contributed by atoms with E-state index in [0.29, 0.717) is 19.4 Å². The van der Waals surface area contributed by atoms with Crippen molar-refractivity contribution in [1.82, 2.24) is 0 Å². The molecule has 1 aromatic carbocycles. The topological polar surface area (TPSA) is 92.7 Å². The lowest BCUT2D eigenvalue weighted by Crippen LogP contribution is -2.31. The maximum absolute atomic E-state index is 11.4. The second kappa shape index (κ2) is 19.1. The van der Waals surface area contributed by atoms with E-state index in [1.54, 1.807) is 7.11 Å². The number of aliphatic hydroxyl groups excluding tert-OH is 1. The molecule has 3 aliphatic rings. The van der Waals surface area contributed by atoms with Crippen molar-refractivity contribution in [2.75, 3.05) is 38.9 Å². The van der Waals surface area contributed by atoms with Gasteiger partial charge in [-0.25, -0.2) is 0 Å². The van der Waals surface area contributed by atoms with E-state index in [2.05, 4.69) is 36.4 Å². The van der Waals surface area contributed by atoms with Gasteiger partial charge < -0.3 is 33.5 Å². The molecule has 2 heterocycles. The number of hydrogen-bond donors (Lipinski definition) is 1. The molecule has 1 saturated carbocycles. The first-order valence-corrected chi connectivity index (χ1v) is 17.3. The maximum atomic E-state index is 11.4. The van der Waals surface area contributed by atoms with Gasteiger partial charge >= 0.3 is 5.97 Å². The first-order chi connectivity index (χ1) is 21.1. The zero-order valence-corrected chi connectivity index (χ0v) is 26.8. The minimum atomic E-state index is -0.439. The molecule has 1 N–H and O–H groups in total. The fraction of sp³-hybridized carbons (Fsp3) is 0.735. The molecule has 0 bridgehead atoms. The summed E-state index contributed by atoms with van der Waals surface area (Å²) < 4.78 is 35.1. The Morgan fingerprint density at radius 1 is 1.07 bits per heavy atom. The molecular weight excluding hydrogens is 568 g/mol. The molecule has 2 aliphatic heterocycles. The zero-order chi connectivity index (χ0) is 30.3. The van der Waals surface area contributed by atoms with Crippen molar-refractivity contribution in [2.45, 2.75) is 108 Å².